The molecule has 3 rings (SSSR count). The molecule has 0 aliphatic heterocycles. The largest absolute Gasteiger partial charge is 0.356 e. The standard InChI is InChI=1S/C18H24ClNO/c19-11-14-8-4-5-9-15(14)12-20-18(21)17-10-16(17)13-6-2-1-3-7-13/h1-3,6-7,14-17H,4-5,8-12H2,(H,20,21). The van der Waals surface area contributed by atoms with Crippen molar-refractivity contribution in [1.29, 1.82) is 0 Å². The van der Waals surface area contributed by atoms with Crippen molar-refractivity contribution in [3.8, 4) is 0 Å². The maximum Gasteiger partial charge on any atom is 0.223 e. The quantitative estimate of drug-likeness (QED) is 0.820. The van der Waals surface area contributed by atoms with Crippen molar-refractivity contribution < 1.29 is 4.79 Å². The highest BCUT2D eigenvalue weighted by Gasteiger charge is 2.43. The molecule has 4 unspecified atom stereocenters. The smallest absolute Gasteiger partial charge is 0.223 e. The lowest BCUT2D eigenvalue weighted by atomic mass is 9.80. The molecule has 1 amide bonds. The summed E-state index contributed by atoms with van der Waals surface area (Å²) in [7, 11) is 0. The molecule has 0 spiro atoms. The van der Waals surface area contributed by atoms with Crippen molar-refractivity contribution in [1.82, 2.24) is 5.32 Å². The first-order valence-electron chi connectivity index (χ1n) is 8.18. The fourth-order valence-corrected chi connectivity index (χ4v) is 4.08. The van der Waals surface area contributed by atoms with Gasteiger partial charge in [0.15, 0.2) is 0 Å². The molecule has 1 aromatic carbocycles. The maximum absolute atomic E-state index is 12.3. The molecule has 2 saturated carbocycles. The van der Waals surface area contributed by atoms with Crippen LogP contribution in [0.1, 0.15) is 43.6 Å². The second-order valence-corrected chi connectivity index (χ2v) is 6.87. The highest BCUT2D eigenvalue weighted by atomic mass is 35.5. The van der Waals surface area contributed by atoms with E-state index in [9.17, 15) is 4.79 Å². The van der Waals surface area contributed by atoms with Gasteiger partial charge in [-0.15, -0.1) is 11.6 Å². The number of hydrogen-bond acceptors (Lipinski definition) is 1. The zero-order chi connectivity index (χ0) is 14.7. The van der Waals surface area contributed by atoms with E-state index in [0.29, 0.717) is 17.8 Å². The first kappa shape index (κ1) is 14.9. The third-order valence-corrected chi connectivity index (χ3v) is 5.55. The van der Waals surface area contributed by atoms with Crippen LogP contribution in [0.4, 0.5) is 0 Å². The molecule has 0 saturated heterocycles. The lowest BCUT2D eigenvalue weighted by Crippen LogP contribution is -2.35. The number of carbonyl (C=O) groups is 1. The van der Waals surface area contributed by atoms with Gasteiger partial charge in [-0.05, 0) is 42.6 Å². The fourth-order valence-electron chi connectivity index (χ4n) is 3.67. The van der Waals surface area contributed by atoms with Crippen LogP contribution < -0.4 is 5.32 Å². The Morgan fingerprint density at radius 2 is 1.86 bits per heavy atom. The van der Waals surface area contributed by atoms with E-state index < -0.39 is 0 Å². The van der Waals surface area contributed by atoms with E-state index in [0.717, 1.165) is 18.8 Å². The van der Waals surface area contributed by atoms with Crippen molar-refractivity contribution >= 4 is 17.5 Å². The monoisotopic (exact) mass is 305 g/mol. The Hall–Kier alpha value is -1.02. The molecule has 2 nitrogen and oxygen atoms in total. The van der Waals surface area contributed by atoms with Crippen LogP contribution >= 0.6 is 11.6 Å². The number of rotatable bonds is 5. The summed E-state index contributed by atoms with van der Waals surface area (Å²) in [6.45, 7) is 0.814. The van der Waals surface area contributed by atoms with E-state index in [-0.39, 0.29) is 11.8 Å². The molecule has 1 aromatic rings. The summed E-state index contributed by atoms with van der Waals surface area (Å²) in [6.07, 6.45) is 6.01. The van der Waals surface area contributed by atoms with Crippen molar-refractivity contribution in [2.24, 2.45) is 17.8 Å². The van der Waals surface area contributed by atoms with E-state index in [1.165, 1.54) is 31.2 Å². The molecule has 4 atom stereocenters. The molecule has 0 radical (unpaired) electrons. The van der Waals surface area contributed by atoms with Crippen LogP contribution in [-0.4, -0.2) is 18.3 Å². The summed E-state index contributed by atoms with van der Waals surface area (Å²) in [4.78, 5) is 12.3. The molecule has 114 valence electrons. The van der Waals surface area contributed by atoms with Gasteiger partial charge in [0.2, 0.25) is 5.91 Å². The van der Waals surface area contributed by atoms with Crippen molar-refractivity contribution in [3.63, 3.8) is 0 Å². The van der Waals surface area contributed by atoms with Gasteiger partial charge in [-0.1, -0.05) is 43.2 Å². The fraction of sp³-hybridized carbons (Fsp3) is 0.611. The average Bonchev–Trinajstić information content (AvgIpc) is 3.34. The summed E-state index contributed by atoms with van der Waals surface area (Å²) < 4.78 is 0. The predicted octanol–water partition coefficient (Wildman–Crippen LogP) is 3.95. The summed E-state index contributed by atoms with van der Waals surface area (Å²) in [5, 5.41) is 3.18. The minimum Gasteiger partial charge on any atom is -0.356 e. The van der Waals surface area contributed by atoms with Gasteiger partial charge >= 0.3 is 0 Å². The van der Waals surface area contributed by atoms with Crippen LogP contribution in [0.3, 0.4) is 0 Å². The van der Waals surface area contributed by atoms with Gasteiger partial charge in [0.25, 0.3) is 0 Å². The molecular formula is C18H24ClNO. The van der Waals surface area contributed by atoms with E-state index in [2.05, 4.69) is 29.6 Å². The van der Waals surface area contributed by atoms with Gasteiger partial charge in [-0.2, -0.15) is 0 Å². The first-order valence-corrected chi connectivity index (χ1v) is 8.71. The summed E-state index contributed by atoms with van der Waals surface area (Å²) in [6, 6.07) is 10.4. The van der Waals surface area contributed by atoms with Gasteiger partial charge < -0.3 is 5.32 Å². The van der Waals surface area contributed by atoms with Crippen LogP contribution in [0.5, 0.6) is 0 Å². The molecule has 2 fully saturated rings. The minimum atomic E-state index is 0.186. The second-order valence-electron chi connectivity index (χ2n) is 6.56. The van der Waals surface area contributed by atoms with Crippen LogP contribution in [0.2, 0.25) is 0 Å². The van der Waals surface area contributed by atoms with E-state index in [1.54, 1.807) is 0 Å². The van der Waals surface area contributed by atoms with E-state index in [4.69, 9.17) is 11.6 Å². The number of hydrogen-bond donors (Lipinski definition) is 1. The normalized spacial score (nSPS) is 31.7. The van der Waals surface area contributed by atoms with E-state index >= 15 is 0 Å². The number of halogens is 1. The summed E-state index contributed by atoms with van der Waals surface area (Å²) >= 11 is 6.06. The van der Waals surface area contributed by atoms with Gasteiger partial charge in [-0.25, -0.2) is 0 Å². The topological polar surface area (TPSA) is 29.1 Å². The first-order chi connectivity index (χ1) is 10.3. The van der Waals surface area contributed by atoms with Crippen LogP contribution in [0.25, 0.3) is 0 Å². The van der Waals surface area contributed by atoms with Gasteiger partial charge in [0.1, 0.15) is 0 Å². The number of carbonyl (C=O) groups excluding carboxylic acids is 1. The highest BCUT2D eigenvalue weighted by molar-refractivity contribution is 6.18. The molecule has 0 heterocycles. The third-order valence-electron chi connectivity index (χ3n) is 5.16. The summed E-state index contributed by atoms with van der Waals surface area (Å²) in [5.74, 6) is 2.75. The minimum absolute atomic E-state index is 0.186. The Morgan fingerprint density at radius 3 is 2.57 bits per heavy atom. The Bertz CT molecular complexity index is 475. The molecular weight excluding hydrogens is 282 g/mol. The molecule has 2 aliphatic carbocycles. The summed E-state index contributed by atoms with van der Waals surface area (Å²) in [5.41, 5.74) is 1.30. The average molecular weight is 306 g/mol. The van der Waals surface area contributed by atoms with Crippen LogP contribution in [0, 0.1) is 17.8 Å². The van der Waals surface area contributed by atoms with E-state index in [1.807, 2.05) is 6.07 Å². The lowest BCUT2D eigenvalue weighted by molar-refractivity contribution is -0.122. The molecule has 0 aromatic heterocycles. The molecule has 2 aliphatic rings. The molecule has 0 bridgehead atoms. The lowest BCUT2D eigenvalue weighted by Gasteiger charge is -2.30. The molecule has 1 N–H and O–H groups in total. The molecule has 21 heavy (non-hydrogen) atoms. The van der Waals surface area contributed by atoms with Crippen LogP contribution in [-0.2, 0) is 4.79 Å². The van der Waals surface area contributed by atoms with Crippen molar-refractivity contribution in [2.45, 2.75) is 38.0 Å². The SMILES string of the molecule is O=C(NCC1CCCCC1CCl)C1CC1c1ccccc1. The highest BCUT2D eigenvalue weighted by Crippen LogP contribution is 2.47. The Morgan fingerprint density at radius 1 is 1.14 bits per heavy atom. The number of alkyl halides is 1. The Labute approximate surface area is 132 Å². The van der Waals surface area contributed by atoms with Gasteiger partial charge in [0, 0.05) is 18.3 Å². The zero-order valence-electron chi connectivity index (χ0n) is 12.4. The van der Waals surface area contributed by atoms with Crippen molar-refractivity contribution in [3.05, 3.63) is 35.9 Å². The number of amides is 1. The second kappa shape index (κ2) is 6.83. The van der Waals surface area contributed by atoms with Crippen molar-refractivity contribution in [2.75, 3.05) is 12.4 Å². The Kier molecular flexibility index (Phi) is 4.84. The molecule has 3 heteroatoms. The maximum atomic E-state index is 12.3. The number of nitrogens with one attached hydrogen (secondary N) is 1. The predicted molar refractivity (Wildman–Crippen MR) is 86.5 cm³/mol. The zero-order valence-corrected chi connectivity index (χ0v) is 13.2. The van der Waals surface area contributed by atoms with Crippen LogP contribution in [0.15, 0.2) is 30.3 Å². The Balaban J connectivity index is 1.47. The van der Waals surface area contributed by atoms with Gasteiger partial charge in [-0.3, -0.25) is 4.79 Å². The third kappa shape index (κ3) is 3.60. The van der Waals surface area contributed by atoms with Gasteiger partial charge in [0.05, 0.1) is 0 Å². The number of benzene rings is 1.